The molecule has 1 aromatic heterocycles. The molecular weight excluding hydrogens is 444 g/mol. The first kappa shape index (κ1) is 22.7. The molecule has 2 aromatic carbocycles. The molecule has 1 heterocycles. The zero-order chi connectivity index (χ0) is 22.5. The first-order valence-corrected chi connectivity index (χ1v) is 12.3. The lowest BCUT2D eigenvalue weighted by Gasteiger charge is -2.13. The van der Waals surface area contributed by atoms with Gasteiger partial charge >= 0.3 is 0 Å². The quantitative estimate of drug-likeness (QED) is 0.410. The third-order valence-electron chi connectivity index (χ3n) is 5.62. The van der Waals surface area contributed by atoms with Gasteiger partial charge in [-0.05, 0) is 81.5 Å². The lowest BCUT2D eigenvalue weighted by Crippen LogP contribution is -2.15. The number of nitrogens with one attached hydrogen (secondary N) is 1. The smallest absolute Gasteiger partial charge is 0.234 e. The highest BCUT2D eigenvalue weighted by atomic mass is 35.5. The summed E-state index contributed by atoms with van der Waals surface area (Å²) >= 11 is 7.51. The van der Waals surface area contributed by atoms with Gasteiger partial charge < -0.3 is 14.6 Å². The molecule has 1 saturated carbocycles. The fourth-order valence-electron chi connectivity index (χ4n) is 3.83. The molecule has 0 bridgehead atoms. The Balaban J connectivity index is 1.40. The summed E-state index contributed by atoms with van der Waals surface area (Å²) in [6, 6.07) is 13.5. The lowest BCUT2D eigenvalue weighted by molar-refractivity contribution is -0.113. The number of aromatic nitrogens is 3. The van der Waals surface area contributed by atoms with Crippen LogP contribution in [-0.4, -0.2) is 32.5 Å². The highest BCUT2D eigenvalue weighted by Crippen LogP contribution is 2.28. The molecule has 3 aromatic rings. The summed E-state index contributed by atoms with van der Waals surface area (Å²) in [6.07, 6.45) is 5.11. The summed E-state index contributed by atoms with van der Waals surface area (Å²) in [5.41, 5.74) is 2.55. The van der Waals surface area contributed by atoms with Gasteiger partial charge in [0.05, 0.1) is 11.9 Å². The largest absolute Gasteiger partial charge is 0.490 e. The summed E-state index contributed by atoms with van der Waals surface area (Å²) in [5, 5.41) is 13.0. The molecule has 0 saturated heterocycles. The number of hydrogen-bond donors (Lipinski definition) is 1. The summed E-state index contributed by atoms with van der Waals surface area (Å²) in [6.45, 7) is 4.64. The molecule has 168 valence electrons. The van der Waals surface area contributed by atoms with E-state index >= 15 is 0 Å². The van der Waals surface area contributed by atoms with E-state index in [4.69, 9.17) is 16.3 Å². The number of anilines is 1. The number of amides is 1. The van der Waals surface area contributed by atoms with Crippen molar-refractivity contribution in [2.45, 2.75) is 57.3 Å². The number of ether oxygens (including phenoxy) is 1. The van der Waals surface area contributed by atoms with Crippen molar-refractivity contribution in [2.75, 3.05) is 11.1 Å². The van der Waals surface area contributed by atoms with Crippen LogP contribution in [0.25, 0.3) is 11.4 Å². The van der Waals surface area contributed by atoms with Gasteiger partial charge in [-0.25, -0.2) is 0 Å². The minimum absolute atomic E-state index is 0.110. The van der Waals surface area contributed by atoms with Gasteiger partial charge in [0, 0.05) is 22.8 Å². The molecule has 0 unspecified atom stereocenters. The maximum atomic E-state index is 12.5. The number of hydrogen-bond acceptors (Lipinski definition) is 5. The average Bonchev–Trinajstić information content (AvgIpc) is 3.45. The van der Waals surface area contributed by atoms with Gasteiger partial charge in [-0.2, -0.15) is 0 Å². The zero-order valence-corrected chi connectivity index (χ0v) is 19.9. The molecule has 0 atom stereocenters. The molecule has 1 amide bonds. The molecule has 0 spiro atoms. The van der Waals surface area contributed by atoms with E-state index in [1.165, 1.54) is 24.6 Å². The van der Waals surface area contributed by atoms with Crippen molar-refractivity contribution in [3.63, 3.8) is 0 Å². The molecule has 1 aliphatic carbocycles. The first-order valence-electron chi connectivity index (χ1n) is 10.9. The van der Waals surface area contributed by atoms with Gasteiger partial charge in [-0.3, -0.25) is 4.79 Å². The van der Waals surface area contributed by atoms with E-state index in [1.54, 1.807) is 6.07 Å². The van der Waals surface area contributed by atoms with Crippen LogP contribution in [0, 0.1) is 6.92 Å². The van der Waals surface area contributed by atoms with E-state index < -0.39 is 0 Å². The van der Waals surface area contributed by atoms with Gasteiger partial charge in [-0.15, -0.1) is 10.2 Å². The van der Waals surface area contributed by atoms with Crippen LogP contribution in [-0.2, 0) is 11.3 Å². The molecule has 1 fully saturated rings. The van der Waals surface area contributed by atoms with E-state index in [0.29, 0.717) is 22.8 Å². The molecular formula is C24H27ClN4O2S. The SMILES string of the molecule is CCn1c(SCC(=O)Nc2cccc(Cl)c2C)nnc1-c1ccc(OC2CCCC2)cc1. The van der Waals surface area contributed by atoms with Crippen LogP contribution in [0.15, 0.2) is 47.6 Å². The number of rotatable bonds is 8. The lowest BCUT2D eigenvalue weighted by atomic mass is 10.2. The zero-order valence-electron chi connectivity index (χ0n) is 18.3. The van der Waals surface area contributed by atoms with Gasteiger partial charge in [0.15, 0.2) is 11.0 Å². The molecule has 32 heavy (non-hydrogen) atoms. The Labute approximate surface area is 197 Å². The minimum Gasteiger partial charge on any atom is -0.490 e. The van der Waals surface area contributed by atoms with Crippen molar-refractivity contribution in [3.05, 3.63) is 53.1 Å². The van der Waals surface area contributed by atoms with E-state index in [0.717, 1.165) is 41.2 Å². The van der Waals surface area contributed by atoms with Gasteiger partial charge in [0.25, 0.3) is 0 Å². The number of thioether (sulfide) groups is 1. The Morgan fingerprint density at radius 3 is 2.66 bits per heavy atom. The van der Waals surface area contributed by atoms with Crippen molar-refractivity contribution in [1.29, 1.82) is 0 Å². The van der Waals surface area contributed by atoms with Crippen molar-refractivity contribution in [3.8, 4) is 17.1 Å². The number of benzene rings is 2. The molecule has 6 nitrogen and oxygen atoms in total. The standard InChI is InChI=1S/C24H27ClN4O2S/c1-3-29-23(17-11-13-19(14-12-17)31-18-7-4-5-8-18)27-28-24(29)32-15-22(30)26-21-10-6-9-20(25)16(21)2/h6,9-14,18H,3-5,7-8,15H2,1-2H3,(H,26,30). The molecule has 1 N–H and O–H groups in total. The Morgan fingerprint density at radius 1 is 1.19 bits per heavy atom. The molecule has 0 aliphatic heterocycles. The molecule has 4 rings (SSSR count). The van der Waals surface area contributed by atoms with Gasteiger partial charge in [-0.1, -0.05) is 29.4 Å². The molecule has 8 heteroatoms. The van der Waals surface area contributed by atoms with Crippen molar-refractivity contribution in [2.24, 2.45) is 0 Å². The van der Waals surface area contributed by atoms with Crippen LogP contribution < -0.4 is 10.1 Å². The predicted molar refractivity (Wildman–Crippen MR) is 130 cm³/mol. The topological polar surface area (TPSA) is 69.0 Å². The van der Waals surface area contributed by atoms with Crippen LogP contribution in [0.5, 0.6) is 5.75 Å². The van der Waals surface area contributed by atoms with Crippen LogP contribution in [0.1, 0.15) is 38.2 Å². The van der Waals surface area contributed by atoms with Crippen LogP contribution in [0.3, 0.4) is 0 Å². The Kier molecular flexibility index (Phi) is 7.37. The van der Waals surface area contributed by atoms with Crippen molar-refractivity contribution in [1.82, 2.24) is 14.8 Å². The summed E-state index contributed by atoms with van der Waals surface area (Å²) in [7, 11) is 0. The second-order valence-electron chi connectivity index (χ2n) is 7.85. The molecule has 1 aliphatic rings. The first-order chi connectivity index (χ1) is 15.5. The summed E-state index contributed by atoms with van der Waals surface area (Å²) < 4.78 is 8.08. The minimum atomic E-state index is -0.110. The highest BCUT2D eigenvalue weighted by Gasteiger charge is 2.18. The predicted octanol–water partition coefficient (Wildman–Crippen LogP) is 5.98. The second-order valence-corrected chi connectivity index (χ2v) is 9.20. The fraction of sp³-hybridized carbons (Fsp3) is 0.375. The van der Waals surface area contributed by atoms with Crippen LogP contribution >= 0.6 is 23.4 Å². The Hall–Kier alpha value is -2.51. The van der Waals surface area contributed by atoms with Crippen molar-refractivity contribution < 1.29 is 9.53 Å². The van der Waals surface area contributed by atoms with E-state index in [9.17, 15) is 4.79 Å². The second kappa shape index (κ2) is 10.4. The van der Waals surface area contributed by atoms with Gasteiger partial charge in [0.2, 0.25) is 5.91 Å². The fourth-order valence-corrected chi connectivity index (χ4v) is 4.81. The Morgan fingerprint density at radius 2 is 1.94 bits per heavy atom. The normalized spacial score (nSPS) is 14.0. The van der Waals surface area contributed by atoms with Crippen LogP contribution in [0.2, 0.25) is 5.02 Å². The van der Waals surface area contributed by atoms with Gasteiger partial charge in [0.1, 0.15) is 5.75 Å². The average molecular weight is 471 g/mol. The van der Waals surface area contributed by atoms with E-state index in [1.807, 2.05) is 54.8 Å². The summed E-state index contributed by atoms with van der Waals surface area (Å²) in [5.74, 6) is 1.80. The maximum Gasteiger partial charge on any atom is 0.234 e. The monoisotopic (exact) mass is 470 g/mol. The number of halogens is 1. The number of nitrogens with zero attached hydrogens (tertiary/aromatic N) is 3. The van der Waals surface area contributed by atoms with E-state index in [-0.39, 0.29) is 11.7 Å². The highest BCUT2D eigenvalue weighted by molar-refractivity contribution is 7.99. The van der Waals surface area contributed by atoms with Crippen LogP contribution in [0.4, 0.5) is 5.69 Å². The Bertz CT molecular complexity index is 1080. The third-order valence-corrected chi connectivity index (χ3v) is 7.00. The van der Waals surface area contributed by atoms with E-state index in [2.05, 4.69) is 15.5 Å². The molecule has 0 radical (unpaired) electrons. The van der Waals surface area contributed by atoms with Crippen molar-refractivity contribution >= 4 is 35.0 Å². The number of carbonyl (C=O) groups excluding carboxylic acids is 1. The maximum absolute atomic E-state index is 12.5. The summed E-state index contributed by atoms with van der Waals surface area (Å²) in [4.78, 5) is 12.5. The number of carbonyl (C=O) groups is 1. The third kappa shape index (κ3) is 5.27.